The Balaban J connectivity index is 1.16. The quantitative estimate of drug-likeness (QED) is 0.119. The van der Waals surface area contributed by atoms with E-state index in [0.29, 0.717) is 43.3 Å². The maximum Gasteiger partial charge on any atom is 0.316 e. The number of hydrogen-bond acceptors (Lipinski definition) is 15. The van der Waals surface area contributed by atoms with Crippen molar-refractivity contribution in [1.29, 1.82) is 0 Å². The molecule has 0 unspecified atom stereocenters. The van der Waals surface area contributed by atoms with Crippen LogP contribution in [0.3, 0.4) is 0 Å². The standard InChI is InChI=1S/C49H73NO14/c1-12-50-64-45-32(9)58-40(23-38(45)55-11)61-44-31(8)57-39(22-37(44)54-10)60-43-27(4)14-13-15-33-25-56-46-41(51)30(7)20-36(49(33,46)53)47(52)59-35-21-34(17-16-28(43)5)62-48(24-35)19-18-29(6)42(63-48)26(2)3/h12-16,18-20,26-27,29,31-32,34-46,51,53H,17,21-25H2,1-11H3/b14-13+,28-16+,33-15+,50-12+/t27-,29-,31-,32-,34+,35-,36-,37-,38-,39-,40-,41+,42+,43-,44-,45-,46+,48+,49+/m0/s1. The van der Waals surface area contributed by atoms with Crippen LogP contribution in [0.15, 0.2) is 64.4 Å². The Hall–Kier alpha value is -2.80. The maximum absolute atomic E-state index is 14.3. The number of methoxy groups -OCH3 is 2. The molecule has 19 atom stereocenters. The third-order valence-electron chi connectivity index (χ3n) is 14.2. The fraction of sp³-hybridized carbons (Fsp3) is 0.755. The van der Waals surface area contributed by atoms with E-state index in [2.05, 4.69) is 45.0 Å². The van der Waals surface area contributed by atoms with Crippen LogP contribution in [0.5, 0.6) is 0 Å². The second kappa shape index (κ2) is 20.6. The molecule has 2 bridgehead atoms. The molecule has 64 heavy (non-hydrogen) atoms. The summed E-state index contributed by atoms with van der Waals surface area (Å²) in [5.41, 5.74) is 0.138. The Kier molecular flexibility index (Phi) is 15.8. The van der Waals surface area contributed by atoms with Crippen molar-refractivity contribution in [2.24, 2.45) is 28.8 Å². The third kappa shape index (κ3) is 10.2. The van der Waals surface area contributed by atoms with Gasteiger partial charge in [-0.1, -0.05) is 69.3 Å². The molecule has 7 aliphatic rings. The molecule has 0 aromatic heterocycles. The highest BCUT2D eigenvalue weighted by molar-refractivity contribution is 5.78. The van der Waals surface area contributed by atoms with Crippen LogP contribution in [0, 0.1) is 23.7 Å². The van der Waals surface area contributed by atoms with Gasteiger partial charge in [-0.2, -0.15) is 0 Å². The number of carbonyl (C=O) groups excluding carboxylic acids is 1. The molecule has 2 N–H and O–H groups in total. The summed E-state index contributed by atoms with van der Waals surface area (Å²) in [6, 6.07) is 0. The van der Waals surface area contributed by atoms with Crippen LogP contribution < -0.4 is 0 Å². The predicted octanol–water partition coefficient (Wildman–Crippen LogP) is 6.02. The van der Waals surface area contributed by atoms with Crippen molar-refractivity contribution in [3.8, 4) is 0 Å². The first-order valence-electron chi connectivity index (χ1n) is 23.3. The molecule has 1 aliphatic carbocycles. The average Bonchev–Trinajstić information content (AvgIpc) is 3.60. The Morgan fingerprint density at radius 2 is 1.58 bits per heavy atom. The van der Waals surface area contributed by atoms with E-state index in [9.17, 15) is 15.0 Å². The minimum atomic E-state index is -1.84. The van der Waals surface area contributed by atoms with Crippen molar-refractivity contribution in [1.82, 2.24) is 0 Å². The van der Waals surface area contributed by atoms with Crippen molar-refractivity contribution in [3.05, 3.63) is 59.3 Å². The Labute approximate surface area is 379 Å². The first kappa shape index (κ1) is 49.1. The van der Waals surface area contributed by atoms with Gasteiger partial charge in [0.15, 0.2) is 24.5 Å². The molecule has 1 spiro atoms. The summed E-state index contributed by atoms with van der Waals surface area (Å²) in [5, 5.41) is 27.7. The molecule has 0 radical (unpaired) electrons. The first-order valence-corrected chi connectivity index (χ1v) is 23.3. The van der Waals surface area contributed by atoms with Crippen LogP contribution in [0.1, 0.15) is 94.4 Å². The van der Waals surface area contributed by atoms with Crippen LogP contribution in [0.2, 0.25) is 0 Å². The molecule has 4 fully saturated rings. The van der Waals surface area contributed by atoms with E-state index in [1.165, 1.54) is 0 Å². The number of hydrogen-bond donors (Lipinski definition) is 2. The summed E-state index contributed by atoms with van der Waals surface area (Å²) >= 11 is 0. The lowest BCUT2D eigenvalue weighted by atomic mass is 9.71. The molecule has 358 valence electrons. The van der Waals surface area contributed by atoms with Crippen LogP contribution in [0.25, 0.3) is 0 Å². The van der Waals surface area contributed by atoms with E-state index in [1.807, 2.05) is 39.0 Å². The van der Waals surface area contributed by atoms with Crippen molar-refractivity contribution in [3.63, 3.8) is 0 Å². The van der Waals surface area contributed by atoms with Crippen LogP contribution in [-0.2, 0) is 57.0 Å². The number of rotatable bonds is 9. The first-order chi connectivity index (χ1) is 30.5. The molecule has 0 aromatic rings. The lowest BCUT2D eigenvalue weighted by molar-refractivity contribution is -0.321. The van der Waals surface area contributed by atoms with Crippen molar-refractivity contribution >= 4 is 12.2 Å². The second-order valence-electron chi connectivity index (χ2n) is 19.3. The molecule has 4 saturated heterocycles. The van der Waals surface area contributed by atoms with E-state index in [1.54, 1.807) is 46.4 Å². The number of fused-ring (bicyclic) bond motifs is 2. The van der Waals surface area contributed by atoms with Crippen molar-refractivity contribution in [2.75, 3.05) is 20.8 Å². The van der Waals surface area contributed by atoms with E-state index >= 15 is 0 Å². The molecule has 15 heteroatoms. The molecule has 7 rings (SSSR count). The molecular weight excluding hydrogens is 827 g/mol. The van der Waals surface area contributed by atoms with Gasteiger partial charge in [0.05, 0.1) is 43.2 Å². The molecule has 15 nitrogen and oxygen atoms in total. The van der Waals surface area contributed by atoms with Crippen LogP contribution in [-0.4, -0.2) is 140 Å². The number of aliphatic hydroxyl groups excluding tert-OH is 1. The fourth-order valence-electron chi connectivity index (χ4n) is 10.7. The van der Waals surface area contributed by atoms with E-state index in [0.717, 1.165) is 5.57 Å². The smallest absolute Gasteiger partial charge is 0.316 e. The average molecular weight is 900 g/mol. The summed E-state index contributed by atoms with van der Waals surface area (Å²) in [6.45, 7) is 17.9. The monoisotopic (exact) mass is 900 g/mol. The van der Waals surface area contributed by atoms with Gasteiger partial charge in [0.25, 0.3) is 0 Å². The third-order valence-corrected chi connectivity index (χ3v) is 14.2. The van der Waals surface area contributed by atoms with Crippen molar-refractivity contribution in [2.45, 2.75) is 192 Å². The van der Waals surface area contributed by atoms with E-state index in [4.69, 9.17) is 52.2 Å². The molecule has 0 aromatic carbocycles. The van der Waals surface area contributed by atoms with Gasteiger partial charge in [-0.15, -0.1) is 0 Å². The number of ether oxygens (including phenoxy) is 10. The van der Waals surface area contributed by atoms with E-state index < -0.39 is 72.5 Å². The Bertz CT molecular complexity index is 1810. The number of nitrogens with zero attached hydrogens (tertiary/aromatic N) is 1. The van der Waals surface area contributed by atoms with Gasteiger partial charge in [-0.25, -0.2) is 0 Å². The van der Waals surface area contributed by atoms with Crippen LogP contribution in [0.4, 0.5) is 0 Å². The SMILES string of the molecule is C/C=N/O[C@H]1[C@H](C)O[C@@H](O[C@H]2[C@H](C)O[C@@H](O[C@@H]3/C(C)=C/C[C@@H]4C[C@@H](C[C@]5(C=C[C@H](C)[C@@H](C(C)C)O5)O4)OC(=O)[C@@H]4C=C(C)[C@@H](O)[C@H]5OC/C(=C\C=C\[C@@H]3C)[C@]54O)C[C@@H]2OC)C[C@@H]1OC. The lowest BCUT2D eigenvalue weighted by Crippen LogP contribution is -2.58. The minimum Gasteiger partial charge on any atom is -0.462 e. The molecule has 6 aliphatic heterocycles. The Morgan fingerprint density at radius 1 is 0.891 bits per heavy atom. The number of carbonyl (C=O) groups is 1. The number of esters is 1. The zero-order chi connectivity index (χ0) is 46.1. The van der Waals surface area contributed by atoms with Crippen molar-refractivity contribution < 1.29 is 67.2 Å². The van der Waals surface area contributed by atoms with Gasteiger partial charge in [-0.05, 0) is 69.8 Å². The fourth-order valence-corrected chi connectivity index (χ4v) is 10.7. The van der Waals surface area contributed by atoms with Gasteiger partial charge < -0.3 is 62.4 Å². The molecule has 0 saturated carbocycles. The zero-order valence-electron chi connectivity index (χ0n) is 39.5. The highest BCUT2D eigenvalue weighted by Gasteiger charge is 2.60. The van der Waals surface area contributed by atoms with Crippen LogP contribution >= 0.6 is 0 Å². The van der Waals surface area contributed by atoms with Gasteiger partial charge in [0, 0.05) is 58.0 Å². The molecule has 0 amide bonds. The number of allylic oxidation sites excluding steroid dienone is 2. The zero-order valence-corrected chi connectivity index (χ0v) is 39.5. The summed E-state index contributed by atoms with van der Waals surface area (Å²) < 4.78 is 64.3. The summed E-state index contributed by atoms with van der Waals surface area (Å²) in [5.74, 6) is -2.62. The highest BCUT2D eigenvalue weighted by Crippen LogP contribution is 2.47. The number of aliphatic hydroxyl groups is 2. The van der Waals surface area contributed by atoms with Gasteiger partial charge in [0.1, 0.15) is 42.0 Å². The summed E-state index contributed by atoms with van der Waals surface area (Å²) in [6.07, 6.45) is 9.94. The van der Waals surface area contributed by atoms with Gasteiger partial charge in [0.2, 0.25) is 0 Å². The summed E-state index contributed by atoms with van der Waals surface area (Å²) in [7, 11) is 3.31. The second-order valence-corrected chi connectivity index (χ2v) is 19.3. The maximum atomic E-state index is 14.3. The van der Waals surface area contributed by atoms with Gasteiger partial charge >= 0.3 is 5.97 Å². The normalized spacial score (nSPS) is 47.6. The highest BCUT2D eigenvalue weighted by atomic mass is 16.7. The minimum absolute atomic E-state index is 0.0325. The van der Waals surface area contributed by atoms with Gasteiger partial charge in [-0.3, -0.25) is 4.79 Å². The number of oxime groups is 1. The molecular formula is C49H73NO14. The van der Waals surface area contributed by atoms with E-state index in [-0.39, 0.29) is 61.0 Å². The topological polar surface area (TPSA) is 171 Å². The lowest BCUT2D eigenvalue weighted by Gasteiger charge is -2.48. The Morgan fingerprint density at radius 3 is 2.27 bits per heavy atom. The predicted molar refractivity (Wildman–Crippen MR) is 236 cm³/mol. The molecule has 6 heterocycles. The largest absolute Gasteiger partial charge is 0.462 e. The summed E-state index contributed by atoms with van der Waals surface area (Å²) in [4.78, 5) is 20.0.